The molecule has 0 bridgehead atoms. The van der Waals surface area contributed by atoms with Crippen molar-refractivity contribution in [1.82, 2.24) is 4.90 Å². The minimum atomic E-state index is -0.568. The third kappa shape index (κ3) is 5.80. The highest BCUT2D eigenvalue weighted by molar-refractivity contribution is 5.94. The van der Waals surface area contributed by atoms with Crippen LogP contribution >= 0.6 is 0 Å². The number of aliphatic hydroxyl groups excluding tert-OH is 1. The summed E-state index contributed by atoms with van der Waals surface area (Å²) in [5, 5.41) is 10.2. The summed E-state index contributed by atoms with van der Waals surface area (Å²) in [5.74, 6) is 0.686. The van der Waals surface area contributed by atoms with Crippen molar-refractivity contribution in [2.24, 2.45) is 0 Å². The van der Waals surface area contributed by atoms with Crippen LogP contribution in [0.2, 0.25) is 0 Å². The van der Waals surface area contributed by atoms with Gasteiger partial charge in [0.2, 0.25) is 0 Å². The van der Waals surface area contributed by atoms with E-state index in [-0.39, 0.29) is 12.4 Å². The predicted octanol–water partition coefficient (Wildman–Crippen LogP) is 3.15. The van der Waals surface area contributed by atoms with Gasteiger partial charge < -0.3 is 9.84 Å². The van der Waals surface area contributed by atoms with Crippen molar-refractivity contribution in [1.29, 1.82) is 0 Å². The average Bonchev–Trinajstić information content (AvgIpc) is 2.60. The number of aliphatic hydroxyl groups is 1. The lowest BCUT2D eigenvalue weighted by Gasteiger charge is -2.23. The van der Waals surface area contributed by atoms with Gasteiger partial charge in [-0.25, -0.2) is 0 Å². The zero-order chi connectivity index (χ0) is 17.4. The Kier molecular flexibility index (Phi) is 6.97. The van der Waals surface area contributed by atoms with Gasteiger partial charge in [0.25, 0.3) is 0 Å². The first-order valence-electron chi connectivity index (χ1n) is 8.26. The molecule has 0 aromatic heterocycles. The molecule has 4 heteroatoms. The van der Waals surface area contributed by atoms with Crippen LogP contribution in [-0.2, 0) is 6.54 Å². The van der Waals surface area contributed by atoms with Crippen LogP contribution in [0.3, 0.4) is 0 Å². The van der Waals surface area contributed by atoms with E-state index in [1.165, 1.54) is 12.5 Å². The van der Waals surface area contributed by atoms with E-state index in [9.17, 15) is 9.90 Å². The van der Waals surface area contributed by atoms with Gasteiger partial charge in [-0.2, -0.15) is 0 Å². The number of benzene rings is 2. The molecule has 0 heterocycles. The summed E-state index contributed by atoms with van der Waals surface area (Å²) in [4.78, 5) is 13.4. The van der Waals surface area contributed by atoms with Crippen LogP contribution in [0.15, 0.2) is 54.6 Å². The van der Waals surface area contributed by atoms with Gasteiger partial charge in [-0.15, -0.1) is 0 Å². The summed E-state index contributed by atoms with van der Waals surface area (Å²) >= 11 is 0. The molecule has 0 unspecified atom stereocenters. The maximum atomic E-state index is 11.2. The van der Waals surface area contributed by atoms with Crippen molar-refractivity contribution in [3.63, 3.8) is 0 Å². The summed E-state index contributed by atoms with van der Waals surface area (Å²) in [7, 11) is 0. The highest BCUT2D eigenvalue weighted by Gasteiger charge is 2.12. The van der Waals surface area contributed by atoms with E-state index in [4.69, 9.17) is 4.74 Å². The predicted molar refractivity (Wildman–Crippen MR) is 95.3 cm³/mol. The molecule has 24 heavy (non-hydrogen) atoms. The first-order chi connectivity index (χ1) is 11.6. The van der Waals surface area contributed by atoms with Gasteiger partial charge in [-0.3, -0.25) is 9.69 Å². The molecule has 0 aliphatic heterocycles. The monoisotopic (exact) mass is 327 g/mol. The van der Waals surface area contributed by atoms with E-state index in [0.29, 0.717) is 17.9 Å². The molecule has 2 rings (SSSR count). The van der Waals surface area contributed by atoms with Crippen molar-refractivity contribution < 1.29 is 14.6 Å². The molecule has 2 aromatic rings. The van der Waals surface area contributed by atoms with E-state index in [1.807, 2.05) is 18.2 Å². The number of ketones is 1. The standard InChI is InChI=1S/C20H25NO3/c1-3-21(13-17-7-5-4-6-8-17)14-19(23)15-24-20-11-9-18(10-12-20)16(2)22/h4-12,19,23H,3,13-15H2,1-2H3/t19-/m0/s1. The van der Waals surface area contributed by atoms with E-state index < -0.39 is 6.10 Å². The Morgan fingerprint density at radius 2 is 1.79 bits per heavy atom. The summed E-state index contributed by atoms with van der Waals surface area (Å²) < 4.78 is 5.61. The molecule has 0 aliphatic rings. The SMILES string of the molecule is CCN(Cc1ccccc1)C[C@H](O)COc1ccc(C(C)=O)cc1. The van der Waals surface area contributed by atoms with Crippen LogP contribution in [0, 0.1) is 0 Å². The van der Waals surface area contributed by atoms with Gasteiger partial charge in [0.05, 0.1) is 0 Å². The minimum absolute atomic E-state index is 0.0288. The molecule has 0 amide bonds. The third-order valence-corrected chi connectivity index (χ3v) is 3.87. The molecule has 1 N–H and O–H groups in total. The van der Waals surface area contributed by atoms with E-state index in [0.717, 1.165) is 13.1 Å². The van der Waals surface area contributed by atoms with Crippen LogP contribution in [0.25, 0.3) is 0 Å². The van der Waals surface area contributed by atoms with Crippen LogP contribution in [-0.4, -0.2) is 41.6 Å². The molecular weight excluding hydrogens is 302 g/mol. The van der Waals surface area contributed by atoms with E-state index in [2.05, 4.69) is 24.0 Å². The largest absolute Gasteiger partial charge is 0.491 e. The molecule has 0 spiro atoms. The van der Waals surface area contributed by atoms with E-state index in [1.54, 1.807) is 24.3 Å². The summed E-state index contributed by atoms with van der Waals surface area (Å²) in [5.41, 5.74) is 1.88. The highest BCUT2D eigenvalue weighted by atomic mass is 16.5. The van der Waals surface area contributed by atoms with Gasteiger partial charge in [-0.05, 0) is 43.3 Å². The Hall–Kier alpha value is -2.17. The molecule has 0 saturated carbocycles. The number of hydrogen-bond acceptors (Lipinski definition) is 4. The quantitative estimate of drug-likeness (QED) is 0.719. The van der Waals surface area contributed by atoms with Gasteiger partial charge in [-0.1, -0.05) is 37.3 Å². The fourth-order valence-corrected chi connectivity index (χ4v) is 2.48. The maximum absolute atomic E-state index is 11.2. The Morgan fingerprint density at radius 3 is 2.38 bits per heavy atom. The highest BCUT2D eigenvalue weighted by Crippen LogP contribution is 2.13. The van der Waals surface area contributed by atoms with Crippen LogP contribution in [0.5, 0.6) is 5.75 Å². The van der Waals surface area contributed by atoms with Crippen molar-refractivity contribution in [2.75, 3.05) is 19.7 Å². The van der Waals surface area contributed by atoms with Crippen molar-refractivity contribution >= 4 is 5.78 Å². The van der Waals surface area contributed by atoms with Gasteiger partial charge in [0, 0.05) is 18.7 Å². The zero-order valence-corrected chi connectivity index (χ0v) is 14.3. The Morgan fingerprint density at radius 1 is 1.12 bits per heavy atom. The number of carbonyl (C=O) groups excluding carboxylic acids is 1. The summed E-state index contributed by atoms with van der Waals surface area (Å²) in [6.07, 6.45) is -0.568. The second kappa shape index (κ2) is 9.21. The molecule has 0 aliphatic carbocycles. The lowest BCUT2D eigenvalue weighted by molar-refractivity contribution is 0.0674. The molecule has 4 nitrogen and oxygen atoms in total. The zero-order valence-electron chi connectivity index (χ0n) is 14.3. The van der Waals surface area contributed by atoms with Gasteiger partial charge in [0.15, 0.2) is 5.78 Å². The molecule has 0 saturated heterocycles. The fourth-order valence-electron chi connectivity index (χ4n) is 2.48. The average molecular weight is 327 g/mol. The number of nitrogens with zero attached hydrogens (tertiary/aromatic N) is 1. The fraction of sp³-hybridized carbons (Fsp3) is 0.350. The number of Topliss-reactive ketones (excluding diaryl/α,β-unsaturated/α-hetero) is 1. The van der Waals surface area contributed by atoms with Gasteiger partial charge >= 0.3 is 0 Å². The smallest absolute Gasteiger partial charge is 0.159 e. The van der Waals surface area contributed by atoms with Crippen molar-refractivity contribution in [3.05, 3.63) is 65.7 Å². The van der Waals surface area contributed by atoms with E-state index >= 15 is 0 Å². The molecular formula is C20H25NO3. The molecule has 2 aromatic carbocycles. The van der Waals surface area contributed by atoms with Crippen molar-refractivity contribution in [2.45, 2.75) is 26.5 Å². The second-order valence-corrected chi connectivity index (χ2v) is 5.86. The third-order valence-electron chi connectivity index (χ3n) is 3.87. The number of hydrogen-bond donors (Lipinski definition) is 1. The number of ether oxygens (including phenoxy) is 1. The first kappa shape index (κ1) is 18.2. The summed E-state index contributed by atoms with van der Waals surface area (Å²) in [6.45, 7) is 6.06. The minimum Gasteiger partial charge on any atom is -0.491 e. The van der Waals surface area contributed by atoms with Crippen LogP contribution in [0.4, 0.5) is 0 Å². The van der Waals surface area contributed by atoms with Crippen LogP contribution < -0.4 is 4.74 Å². The van der Waals surface area contributed by atoms with Crippen molar-refractivity contribution in [3.8, 4) is 5.75 Å². The molecule has 0 radical (unpaired) electrons. The first-order valence-corrected chi connectivity index (χ1v) is 8.26. The normalized spacial score (nSPS) is 12.2. The molecule has 128 valence electrons. The Labute approximate surface area is 143 Å². The number of likely N-dealkylation sites (N-methyl/N-ethyl adjacent to an activating group) is 1. The lowest BCUT2D eigenvalue weighted by atomic mass is 10.1. The number of rotatable bonds is 9. The Balaban J connectivity index is 1.80. The molecule has 1 atom stereocenters. The topological polar surface area (TPSA) is 49.8 Å². The lowest BCUT2D eigenvalue weighted by Crippen LogP contribution is -2.35. The van der Waals surface area contributed by atoms with Crippen LogP contribution in [0.1, 0.15) is 29.8 Å². The second-order valence-electron chi connectivity index (χ2n) is 5.86. The van der Waals surface area contributed by atoms with Gasteiger partial charge in [0.1, 0.15) is 18.5 Å². The number of carbonyl (C=O) groups is 1. The summed E-state index contributed by atoms with van der Waals surface area (Å²) in [6, 6.07) is 17.2. The Bertz CT molecular complexity index is 625. The molecule has 0 fully saturated rings. The maximum Gasteiger partial charge on any atom is 0.159 e.